The minimum absolute atomic E-state index is 0.995. The van der Waals surface area contributed by atoms with E-state index in [2.05, 4.69) is 35.8 Å². The van der Waals surface area contributed by atoms with Crippen molar-refractivity contribution >= 4 is 11.3 Å². The van der Waals surface area contributed by atoms with Gasteiger partial charge in [0.05, 0.1) is 10.7 Å². The molecule has 0 fully saturated rings. The molecule has 1 aromatic carbocycles. The van der Waals surface area contributed by atoms with Gasteiger partial charge in [-0.2, -0.15) is 0 Å². The van der Waals surface area contributed by atoms with E-state index in [0.717, 1.165) is 31.6 Å². The molecule has 0 aliphatic carbocycles. The van der Waals surface area contributed by atoms with E-state index in [4.69, 9.17) is 4.98 Å². The summed E-state index contributed by atoms with van der Waals surface area (Å²) in [5.41, 5.74) is 5.32. The third-order valence-electron chi connectivity index (χ3n) is 3.40. The van der Waals surface area contributed by atoms with Crippen molar-refractivity contribution in [3.05, 3.63) is 39.7 Å². The number of nitrogens with zero attached hydrogens (tertiary/aromatic N) is 1. The minimum Gasteiger partial charge on any atom is -0.312 e. The second kappa shape index (κ2) is 5.21. The Balaban J connectivity index is 1.91. The number of benzene rings is 1. The summed E-state index contributed by atoms with van der Waals surface area (Å²) in [5.74, 6) is 0. The van der Waals surface area contributed by atoms with Crippen LogP contribution in [0, 0.1) is 0 Å². The Bertz CT molecular complexity index is 545. The van der Waals surface area contributed by atoms with Crippen molar-refractivity contribution in [1.82, 2.24) is 10.3 Å². The van der Waals surface area contributed by atoms with Gasteiger partial charge in [0.15, 0.2) is 0 Å². The van der Waals surface area contributed by atoms with Crippen LogP contribution >= 0.6 is 11.3 Å². The molecule has 0 unspecified atom stereocenters. The van der Waals surface area contributed by atoms with Crippen molar-refractivity contribution in [3.8, 4) is 11.3 Å². The average Bonchev–Trinajstić information content (AvgIpc) is 2.87. The number of aromatic nitrogens is 1. The molecule has 2 nitrogen and oxygen atoms in total. The van der Waals surface area contributed by atoms with Crippen LogP contribution in [0.4, 0.5) is 0 Å². The van der Waals surface area contributed by atoms with Gasteiger partial charge in [-0.3, -0.25) is 0 Å². The predicted molar refractivity (Wildman–Crippen MR) is 77.0 cm³/mol. The third kappa shape index (κ3) is 2.33. The van der Waals surface area contributed by atoms with Crippen molar-refractivity contribution < 1.29 is 0 Å². The molecule has 0 bridgehead atoms. The minimum atomic E-state index is 0.995. The fourth-order valence-electron chi connectivity index (χ4n) is 2.41. The number of thiazole rings is 1. The molecule has 1 aliphatic heterocycles. The molecule has 18 heavy (non-hydrogen) atoms. The summed E-state index contributed by atoms with van der Waals surface area (Å²) >= 11 is 1.78. The highest BCUT2D eigenvalue weighted by atomic mass is 32.1. The van der Waals surface area contributed by atoms with E-state index in [0.29, 0.717) is 0 Å². The van der Waals surface area contributed by atoms with Crippen LogP contribution in [0.3, 0.4) is 0 Å². The van der Waals surface area contributed by atoms with Crippen LogP contribution in [0.5, 0.6) is 0 Å². The lowest BCUT2D eigenvalue weighted by atomic mass is 9.98. The molecule has 2 aromatic rings. The maximum atomic E-state index is 4.72. The van der Waals surface area contributed by atoms with Gasteiger partial charge in [0.2, 0.25) is 0 Å². The largest absolute Gasteiger partial charge is 0.312 e. The first-order valence-electron chi connectivity index (χ1n) is 6.64. The zero-order chi connectivity index (χ0) is 12.4. The smallest absolute Gasteiger partial charge is 0.0932 e. The van der Waals surface area contributed by atoms with Crippen LogP contribution in [-0.4, -0.2) is 11.5 Å². The summed E-state index contributed by atoms with van der Waals surface area (Å²) in [6.45, 7) is 4.30. The van der Waals surface area contributed by atoms with E-state index in [1.165, 1.54) is 28.1 Å². The predicted octanol–water partition coefficient (Wildman–Crippen LogP) is 3.41. The standard InChI is InChI=1S/C15H18N2S/c1-2-3-15-17-14(10-18-15)12-5-4-11-6-7-16-9-13(11)8-12/h4-5,8,10,16H,2-3,6-7,9H2,1H3. The quantitative estimate of drug-likeness (QED) is 0.912. The summed E-state index contributed by atoms with van der Waals surface area (Å²) in [4.78, 5) is 4.72. The van der Waals surface area contributed by atoms with Gasteiger partial charge >= 0.3 is 0 Å². The Morgan fingerprint density at radius 1 is 1.33 bits per heavy atom. The van der Waals surface area contributed by atoms with Crippen LogP contribution in [0.2, 0.25) is 0 Å². The van der Waals surface area contributed by atoms with Gasteiger partial charge in [-0.1, -0.05) is 19.1 Å². The van der Waals surface area contributed by atoms with E-state index < -0.39 is 0 Å². The number of nitrogens with one attached hydrogen (secondary N) is 1. The molecule has 0 spiro atoms. The summed E-state index contributed by atoms with van der Waals surface area (Å²) in [7, 11) is 0. The molecule has 0 saturated carbocycles. The maximum Gasteiger partial charge on any atom is 0.0932 e. The van der Waals surface area contributed by atoms with E-state index in [9.17, 15) is 0 Å². The van der Waals surface area contributed by atoms with Gasteiger partial charge in [-0.05, 0) is 43.0 Å². The van der Waals surface area contributed by atoms with E-state index in [1.807, 2.05) is 0 Å². The van der Waals surface area contributed by atoms with Gasteiger partial charge in [-0.15, -0.1) is 11.3 Å². The highest BCUT2D eigenvalue weighted by Gasteiger charge is 2.11. The van der Waals surface area contributed by atoms with E-state index in [1.54, 1.807) is 11.3 Å². The van der Waals surface area contributed by atoms with Crippen molar-refractivity contribution in [2.75, 3.05) is 6.54 Å². The highest BCUT2D eigenvalue weighted by Crippen LogP contribution is 2.26. The lowest BCUT2D eigenvalue weighted by Gasteiger charge is -2.17. The Morgan fingerprint density at radius 2 is 2.28 bits per heavy atom. The Hall–Kier alpha value is -1.19. The van der Waals surface area contributed by atoms with Gasteiger partial charge in [0.25, 0.3) is 0 Å². The lowest BCUT2D eigenvalue weighted by molar-refractivity contribution is 0.644. The first kappa shape index (κ1) is 11.9. The monoisotopic (exact) mass is 258 g/mol. The van der Waals surface area contributed by atoms with Crippen molar-refractivity contribution in [3.63, 3.8) is 0 Å². The number of hydrogen-bond acceptors (Lipinski definition) is 3. The molecule has 1 N–H and O–H groups in total. The molecule has 0 atom stereocenters. The molecule has 3 rings (SSSR count). The molecule has 1 aliphatic rings. The van der Waals surface area contributed by atoms with Gasteiger partial charge in [0.1, 0.15) is 0 Å². The van der Waals surface area contributed by atoms with Crippen LogP contribution in [0.25, 0.3) is 11.3 Å². The normalized spacial score (nSPS) is 14.5. The third-order valence-corrected chi connectivity index (χ3v) is 4.31. The van der Waals surface area contributed by atoms with Crippen molar-refractivity contribution in [1.29, 1.82) is 0 Å². The maximum absolute atomic E-state index is 4.72. The molecule has 2 heterocycles. The van der Waals surface area contributed by atoms with Gasteiger partial charge in [-0.25, -0.2) is 4.98 Å². The SMILES string of the molecule is CCCc1nc(-c2ccc3c(c2)CNCC3)cs1. The van der Waals surface area contributed by atoms with E-state index in [-0.39, 0.29) is 0 Å². The molecule has 0 saturated heterocycles. The average molecular weight is 258 g/mol. The zero-order valence-corrected chi connectivity index (χ0v) is 11.5. The van der Waals surface area contributed by atoms with Crippen LogP contribution < -0.4 is 5.32 Å². The molecular weight excluding hydrogens is 240 g/mol. The second-order valence-corrected chi connectivity index (χ2v) is 5.73. The summed E-state index contributed by atoms with van der Waals surface area (Å²) < 4.78 is 0. The zero-order valence-electron chi connectivity index (χ0n) is 10.7. The number of rotatable bonds is 3. The number of hydrogen-bond donors (Lipinski definition) is 1. The molecule has 1 aromatic heterocycles. The summed E-state index contributed by atoms with van der Waals surface area (Å²) in [5, 5.41) is 6.86. The van der Waals surface area contributed by atoms with Gasteiger partial charge in [0, 0.05) is 17.5 Å². The number of fused-ring (bicyclic) bond motifs is 1. The molecule has 0 amide bonds. The lowest BCUT2D eigenvalue weighted by Crippen LogP contribution is -2.23. The first-order valence-corrected chi connectivity index (χ1v) is 7.52. The fraction of sp³-hybridized carbons (Fsp3) is 0.400. The molecule has 94 valence electrons. The van der Waals surface area contributed by atoms with Crippen molar-refractivity contribution in [2.45, 2.75) is 32.7 Å². The van der Waals surface area contributed by atoms with Crippen LogP contribution in [0.15, 0.2) is 23.6 Å². The van der Waals surface area contributed by atoms with Crippen LogP contribution in [-0.2, 0) is 19.4 Å². The van der Waals surface area contributed by atoms with Gasteiger partial charge < -0.3 is 5.32 Å². The van der Waals surface area contributed by atoms with E-state index >= 15 is 0 Å². The Kier molecular flexibility index (Phi) is 3.43. The Labute approximate surface area is 112 Å². The highest BCUT2D eigenvalue weighted by molar-refractivity contribution is 7.09. The number of aryl methyl sites for hydroxylation is 1. The topological polar surface area (TPSA) is 24.9 Å². The molecule has 0 radical (unpaired) electrons. The molecular formula is C15H18N2S. The summed E-state index contributed by atoms with van der Waals surface area (Å²) in [6.07, 6.45) is 3.41. The summed E-state index contributed by atoms with van der Waals surface area (Å²) in [6, 6.07) is 6.78. The first-order chi connectivity index (χ1) is 8.86. The van der Waals surface area contributed by atoms with Crippen molar-refractivity contribution in [2.24, 2.45) is 0 Å². The van der Waals surface area contributed by atoms with Crippen LogP contribution in [0.1, 0.15) is 29.5 Å². The molecule has 3 heteroatoms. The second-order valence-electron chi connectivity index (χ2n) is 4.79. The fourth-order valence-corrected chi connectivity index (χ4v) is 3.32. The Morgan fingerprint density at radius 3 is 3.17 bits per heavy atom.